The second-order valence-electron chi connectivity index (χ2n) is 7.73. The van der Waals surface area contributed by atoms with Crippen molar-refractivity contribution in [3.05, 3.63) is 112 Å². The predicted molar refractivity (Wildman–Crippen MR) is 124 cm³/mol. The first-order chi connectivity index (χ1) is 15.3. The molecule has 0 bridgehead atoms. The topological polar surface area (TPSA) is 74.7 Å². The Morgan fingerprint density at radius 2 is 1.53 bits per heavy atom. The van der Waals surface area contributed by atoms with Gasteiger partial charge in [0.15, 0.2) is 0 Å². The average Bonchev–Trinajstić information content (AvgIpc) is 2.79. The number of carboxylic acids is 1. The third-order valence-electron chi connectivity index (χ3n) is 5.63. The Kier molecular flexibility index (Phi) is 6.20. The van der Waals surface area contributed by atoms with E-state index in [-0.39, 0.29) is 16.9 Å². The van der Waals surface area contributed by atoms with Crippen molar-refractivity contribution in [3.63, 3.8) is 0 Å². The average molecular weight is 468 g/mol. The highest BCUT2D eigenvalue weighted by molar-refractivity contribution is 7.89. The summed E-state index contributed by atoms with van der Waals surface area (Å²) in [5, 5.41) is 10.4. The fourth-order valence-electron chi connectivity index (χ4n) is 4.04. The normalized spacial score (nSPS) is 19.4. The summed E-state index contributed by atoms with van der Waals surface area (Å²) in [5.74, 6) is -1.15. The Morgan fingerprint density at radius 3 is 2.12 bits per heavy atom. The molecule has 1 aliphatic rings. The van der Waals surface area contributed by atoms with Gasteiger partial charge in [0.2, 0.25) is 10.0 Å². The number of aryl methyl sites for hydroxylation is 1. The smallest absolute Gasteiger partial charge is 0.333 e. The summed E-state index contributed by atoms with van der Waals surface area (Å²) >= 11 is 6.05. The molecule has 0 radical (unpaired) electrons. The van der Waals surface area contributed by atoms with Crippen LogP contribution in [0.5, 0.6) is 0 Å². The Bertz CT molecular complexity index is 1250. The second kappa shape index (κ2) is 8.90. The zero-order valence-electron chi connectivity index (χ0n) is 17.4. The summed E-state index contributed by atoms with van der Waals surface area (Å²) in [6, 6.07) is 20.8. The maximum Gasteiger partial charge on any atom is 0.333 e. The highest BCUT2D eigenvalue weighted by atomic mass is 35.5. The van der Waals surface area contributed by atoms with Crippen LogP contribution >= 0.6 is 11.6 Å². The minimum Gasteiger partial charge on any atom is -0.478 e. The SMILES string of the molecule is Cc1ccc([C@@H]2CC=C(C(=O)O)[C@H](c3ccc(Cl)cc3)N2S(=O)(=O)c2ccccc2)cc1. The van der Waals surface area contributed by atoms with E-state index in [2.05, 4.69) is 0 Å². The molecule has 164 valence electrons. The van der Waals surface area contributed by atoms with Gasteiger partial charge in [-0.15, -0.1) is 0 Å². The van der Waals surface area contributed by atoms with Crippen LogP contribution in [0.2, 0.25) is 5.02 Å². The molecule has 0 amide bonds. The molecule has 1 N–H and O–H groups in total. The van der Waals surface area contributed by atoms with Crippen LogP contribution < -0.4 is 0 Å². The maximum absolute atomic E-state index is 13.9. The van der Waals surface area contributed by atoms with Gasteiger partial charge in [0, 0.05) is 5.02 Å². The lowest BCUT2D eigenvalue weighted by Gasteiger charge is -2.40. The van der Waals surface area contributed by atoms with Gasteiger partial charge < -0.3 is 5.11 Å². The molecule has 7 heteroatoms. The highest BCUT2D eigenvalue weighted by Crippen LogP contribution is 2.45. The van der Waals surface area contributed by atoms with Crippen LogP contribution in [0.4, 0.5) is 0 Å². The van der Waals surface area contributed by atoms with Crippen molar-refractivity contribution in [1.29, 1.82) is 0 Å². The van der Waals surface area contributed by atoms with E-state index in [4.69, 9.17) is 11.6 Å². The lowest BCUT2D eigenvalue weighted by molar-refractivity contribution is -0.133. The lowest BCUT2D eigenvalue weighted by Crippen LogP contribution is -2.42. The van der Waals surface area contributed by atoms with Gasteiger partial charge in [0.25, 0.3) is 0 Å². The van der Waals surface area contributed by atoms with Crippen molar-refractivity contribution < 1.29 is 18.3 Å². The molecule has 0 unspecified atom stereocenters. The van der Waals surface area contributed by atoms with Crippen molar-refractivity contribution in [2.45, 2.75) is 30.3 Å². The Labute approximate surface area is 192 Å². The molecule has 2 atom stereocenters. The van der Waals surface area contributed by atoms with E-state index >= 15 is 0 Å². The number of halogens is 1. The predicted octanol–water partition coefficient (Wildman–Crippen LogP) is 5.54. The molecular weight excluding hydrogens is 446 g/mol. The van der Waals surface area contributed by atoms with Gasteiger partial charge in [-0.2, -0.15) is 4.31 Å². The minimum atomic E-state index is -4.05. The lowest BCUT2D eigenvalue weighted by atomic mass is 9.89. The number of nitrogens with zero attached hydrogens (tertiary/aromatic N) is 1. The van der Waals surface area contributed by atoms with Crippen LogP contribution in [0, 0.1) is 6.92 Å². The highest BCUT2D eigenvalue weighted by Gasteiger charge is 2.44. The van der Waals surface area contributed by atoms with E-state index in [1.807, 2.05) is 31.2 Å². The monoisotopic (exact) mass is 467 g/mol. The first-order valence-corrected chi connectivity index (χ1v) is 11.9. The number of sulfonamides is 1. The first kappa shape index (κ1) is 22.3. The van der Waals surface area contributed by atoms with Crippen LogP contribution in [-0.4, -0.2) is 23.8 Å². The summed E-state index contributed by atoms with van der Waals surface area (Å²) in [6.07, 6.45) is 1.88. The van der Waals surface area contributed by atoms with E-state index < -0.39 is 28.1 Å². The van der Waals surface area contributed by atoms with E-state index in [9.17, 15) is 18.3 Å². The summed E-state index contributed by atoms with van der Waals surface area (Å²) < 4.78 is 29.2. The van der Waals surface area contributed by atoms with Gasteiger partial charge >= 0.3 is 5.97 Å². The number of aliphatic carboxylic acids is 1. The van der Waals surface area contributed by atoms with Gasteiger partial charge in [0.1, 0.15) is 0 Å². The van der Waals surface area contributed by atoms with Gasteiger partial charge in [-0.25, -0.2) is 13.2 Å². The van der Waals surface area contributed by atoms with Crippen LogP contribution in [0.25, 0.3) is 0 Å². The van der Waals surface area contributed by atoms with Crippen LogP contribution in [0.3, 0.4) is 0 Å². The van der Waals surface area contributed by atoms with Gasteiger partial charge in [-0.05, 0) is 48.7 Å². The number of benzene rings is 3. The van der Waals surface area contributed by atoms with Crippen molar-refractivity contribution >= 4 is 27.6 Å². The molecule has 0 fully saturated rings. The molecule has 0 spiro atoms. The van der Waals surface area contributed by atoms with Crippen molar-refractivity contribution in [1.82, 2.24) is 4.31 Å². The van der Waals surface area contributed by atoms with Crippen LogP contribution in [-0.2, 0) is 14.8 Å². The van der Waals surface area contributed by atoms with E-state index in [0.717, 1.165) is 11.1 Å². The maximum atomic E-state index is 13.9. The number of carbonyl (C=O) groups is 1. The third-order valence-corrected chi connectivity index (χ3v) is 7.77. The first-order valence-electron chi connectivity index (χ1n) is 10.1. The summed E-state index contributed by atoms with van der Waals surface area (Å²) in [6.45, 7) is 1.96. The number of rotatable bonds is 5. The van der Waals surface area contributed by atoms with Crippen LogP contribution in [0.15, 0.2) is 95.4 Å². The Morgan fingerprint density at radius 1 is 0.938 bits per heavy atom. The van der Waals surface area contributed by atoms with E-state index in [1.54, 1.807) is 48.5 Å². The standard InChI is InChI=1S/C25H22ClNO4S/c1-17-7-9-18(10-8-17)23-16-15-22(25(28)29)24(19-11-13-20(26)14-12-19)27(23)32(30,31)21-5-3-2-4-6-21/h2-15,23-24H,16H2,1H3,(H,28,29)/t23-,24-/m0/s1. The molecule has 32 heavy (non-hydrogen) atoms. The van der Waals surface area contributed by atoms with Crippen molar-refractivity contribution in [3.8, 4) is 0 Å². The van der Waals surface area contributed by atoms with Gasteiger partial charge in [-0.1, -0.05) is 77.8 Å². The molecule has 4 rings (SSSR count). The molecule has 0 aromatic heterocycles. The number of hydrogen-bond acceptors (Lipinski definition) is 3. The van der Waals surface area contributed by atoms with E-state index in [1.165, 1.54) is 16.4 Å². The molecule has 3 aromatic carbocycles. The summed E-state index contributed by atoms with van der Waals surface area (Å²) in [4.78, 5) is 12.3. The Balaban J connectivity index is 1.96. The fourth-order valence-corrected chi connectivity index (χ4v) is 5.97. The molecule has 0 saturated carbocycles. The quantitative estimate of drug-likeness (QED) is 0.534. The van der Waals surface area contributed by atoms with Crippen LogP contribution in [0.1, 0.15) is 35.2 Å². The molecular formula is C25H22ClNO4S. The van der Waals surface area contributed by atoms with Gasteiger partial charge in [-0.3, -0.25) is 0 Å². The van der Waals surface area contributed by atoms with Crippen molar-refractivity contribution in [2.24, 2.45) is 0 Å². The molecule has 3 aromatic rings. The second-order valence-corrected chi connectivity index (χ2v) is 10.0. The zero-order valence-corrected chi connectivity index (χ0v) is 18.9. The number of carboxylic acid groups (broad SMARTS) is 1. The number of hydrogen-bond donors (Lipinski definition) is 1. The molecule has 1 heterocycles. The Hall–Kier alpha value is -2.93. The molecule has 5 nitrogen and oxygen atoms in total. The zero-order chi connectivity index (χ0) is 22.9. The molecule has 1 aliphatic heterocycles. The summed E-state index contributed by atoms with van der Waals surface area (Å²) in [7, 11) is -4.05. The van der Waals surface area contributed by atoms with Crippen molar-refractivity contribution in [2.75, 3.05) is 0 Å². The van der Waals surface area contributed by atoms with E-state index in [0.29, 0.717) is 10.6 Å². The largest absolute Gasteiger partial charge is 0.478 e. The minimum absolute atomic E-state index is 0.0233. The van der Waals surface area contributed by atoms with Gasteiger partial charge in [0.05, 0.1) is 22.6 Å². The summed E-state index contributed by atoms with van der Waals surface area (Å²) in [5.41, 5.74) is 2.42. The molecule has 0 aliphatic carbocycles. The molecule has 0 saturated heterocycles. The third kappa shape index (κ3) is 4.21. The fraction of sp³-hybridized carbons (Fsp3) is 0.160.